The van der Waals surface area contributed by atoms with E-state index in [1.807, 2.05) is 13.8 Å². The van der Waals surface area contributed by atoms with Gasteiger partial charge in [-0.1, -0.05) is 0 Å². The molecule has 0 atom stereocenters. The molecule has 3 aromatic heterocycles. The van der Waals surface area contributed by atoms with Gasteiger partial charge in [-0.15, -0.1) is 0 Å². The normalized spacial score (nSPS) is 10.9. The van der Waals surface area contributed by atoms with Crippen molar-refractivity contribution in [1.82, 2.24) is 24.4 Å². The maximum Gasteiger partial charge on any atom is 0.260 e. The van der Waals surface area contributed by atoms with Gasteiger partial charge < -0.3 is 5.32 Å². The summed E-state index contributed by atoms with van der Waals surface area (Å²) in [5.41, 5.74) is 1.96. The molecule has 0 spiro atoms. The molecule has 1 amide bonds. The number of carbonyl (C=O) groups excluding carboxylic acids is 1. The standard InChI is InChI=1S/C13H14N6O/c1-3-18-12(5-6-15-18)17-13(20)10-8-14-11-4-7-16-19(11)9(10)2/h4-8H,3H2,1-2H3,(H,17,20). The van der Waals surface area contributed by atoms with Crippen LogP contribution in [0.4, 0.5) is 5.82 Å². The second-order valence-corrected chi connectivity index (χ2v) is 4.34. The van der Waals surface area contributed by atoms with Crippen LogP contribution in [0.1, 0.15) is 23.0 Å². The fraction of sp³-hybridized carbons (Fsp3) is 0.231. The highest BCUT2D eigenvalue weighted by molar-refractivity contribution is 6.04. The van der Waals surface area contributed by atoms with Crippen LogP contribution in [0.2, 0.25) is 0 Å². The average molecular weight is 270 g/mol. The molecular weight excluding hydrogens is 256 g/mol. The Kier molecular flexibility index (Phi) is 2.94. The van der Waals surface area contributed by atoms with Crippen LogP contribution in [0.15, 0.2) is 30.7 Å². The van der Waals surface area contributed by atoms with Gasteiger partial charge in [-0.05, 0) is 13.8 Å². The number of aromatic nitrogens is 5. The summed E-state index contributed by atoms with van der Waals surface area (Å²) < 4.78 is 3.36. The van der Waals surface area contributed by atoms with Crippen molar-refractivity contribution in [3.63, 3.8) is 0 Å². The minimum Gasteiger partial charge on any atom is -0.307 e. The maximum absolute atomic E-state index is 12.3. The Labute approximate surface area is 115 Å². The quantitative estimate of drug-likeness (QED) is 0.782. The molecule has 20 heavy (non-hydrogen) atoms. The van der Waals surface area contributed by atoms with Crippen LogP contribution in [0.25, 0.3) is 5.65 Å². The lowest BCUT2D eigenvalue weighted by Crippen LogP contribution is -2.18. The Morgan fingerprint density at radius 2 is 2.10 bits per heavy atom. The van der Waals surface area contributed by atoms with E-state index >= 15 is 0 Å². The fourth-order valence-corrected chi connectivity index (χ4v) is 2.09. The van der Waals surface area contributed by atoms with Crippen molar-refractivity contribution in [2.45, 2.75) is 20.4 Å². The molecule has 0 unspecified atom stereocenters. The Bertz CT molecular complexity index is 772. The zero-order valence-electron chi connectivity index (χ0n) is 11.2. The number of amides is 1. The number of carbonyl (C=O) groups is 1. The number of nitrogens with zero attached hydrogens (tertiary/aromatic N) is 5. The van der Waals surface area contributed by atoms with Gasteiger partial charge in [0.2, 0.25) is 0 Å². The van der Waals surface area contributed by atoms with E-state index in [4.69, 9.17) is 0 Å². The van der Waals surface area contributed by atoms with Gasteiger partial charge in [-0.25, -0.2) is 14.2 Å². The van der Waals surface area contributed by atoms with Crippen molar-refractivity contribution < 1.29 is 4.79 Å². The van der Waals surface area contributed by atoms with E-state index in [0.29, 0.717) is 17.9 Å². The highest BCUT2D eigenvalue weighted by Gasteiger charge is 2.14. The van der Waals surface area contributed by atoms with E-state index in [1.165, 1.54) is 0 Å². The first-order valence-corrected chi connectivity index (χ1v) is 6.33. The van der Waals surface area contributed by atoms with E-state index in [-0.39, 0.29) is 5.91 Å². The summed E-state index contributed by atoms with van der Waals surface area (Å²) in [6.07, 6.45) is 4.87. The molecule has 0 aromatic carbocycles. The third kappa shape index (κ3) is 1.93. The van der Waals surface area contributed by atoms with Gasteiger partial charge in [0.25, 0.3) is 5.91 Å². The minimum atomic E-state index is -0.220. The van der Waals surface area contributed by atoms with Crippen LogP contribution < -0.4 is 5.32 Å². The van der Waals surface area contributed by atoms with Gasteiger partial charge in [0.15, 0.2) is 5.65 Å². The molecule has 0 aliphatic rings. The summed E-state index contributed by atoms with van der Waals surface area (Å²) >= 11 is 0. The van der Waals surface area contributed by atoms with Crippen LogP contribution in [0.5, 0.6) is 0 Å². The van der Waals surface area contributed by atoms with Gasteiger partial charge in [-0.3, -0.25) is 4.79 Å². The third-order valence-corrected chi connectivity index (χ3v) is 3.16. The van der Waals surface area contributed by atoms with Crippen LogP contribution in [-0.2, 0) is 6.54 Å². The lowest BCUT2D eigenvalue weighted by molar-refractivity contribution is 0.102. The molecule has 0 aliphatic carbocycles. The van der Waals surface area contributed by atoms with Crippen molar-refractivity contribution in [3.8, 4) is 0 Å². The van der Waals surface area contributed by atoms with E-state index in [1.54, 1.807) is 39.9 Å². The predicted octanol–water partition coefficient (Wildman–Crippen LogP) is 1.51. The summed E-state index contributed by atoms with van der Waals surface area (Å²) in [4.78, 5) is 16.5. The van der Waals surface area contributed by atoms with E-state index < -0.39 is 0 Å². The highest BCUT2D eigenvalue weighted by Crippen LogP contribution is 2.12. The molecule has 7 heteroatoms. The van der Waals surface area contributed by atoms with Gasteiger partial charge in [0.1, 0.15) is 5.82 Å². The molecule has 0 bridgehead atoms. The molecule has 0 fully saturated rings. The summed E-state index contributed by atoms with van der Waals surface area (Å²) in [6.45, 7) is 4.50. The fourth-order valence-electron chi connectivity index (χ4n) is 2.09. The minimum absolute atomic E-state index is 0.220. The Hall–Kier alpha value is -2.70. The molecule has 3 rings (SSSR count). The van der Waals surface area contributed by atoms with Crippen LogP contribution >= 0.6 is 0 Å². The second-order valence-electron chi connectivity index (χ2n) is 4.34. The van der Waals surface area contributed by atoms with Crippen LogP contribution in [-0.4, -0.2) is 30.3 Å². The molecule has 0 saturated carbocycles. The zero-order chi connectivity index (χ0) is 14.1. The highest BCUT2D eigenvalue weighted by atomic mass is 16.1. The molecule has 3 aromatic rings. The molecule has 1 N–H and O–H groups in total. The SMILES string of the molecule is CCn1nccc1NC(=O)c1cnc2ccnn2c1C. The Balaban J connectivity index is 1.94. The van der Waals surface area contributed by atoms with Crippen LogP contribution in [0.3, 0.4) is 0 Å². The molecule has 3 heterocycles. The molecule has 7 nitrogen and oxygen atoms in total. The zero-order valence-corrected chi connectivity index (χ0v) is 11.2. The first kappa shape index (κ1) is 12.3. The van der Waals surface area contributed by atoms with Gasteiger partial charge in [0.05, 0.1) is 23.7 Å². The van der Waals surface area contributed by atoms with Crippen molar-refractivity contribution in [1.29, 1.82) is 0 Å². The number of hydrogen-bond acceptors (Lipinski definition) is 4. The molecule has 0 saturated heterocycles. The predicted molar refractivity (Wildman–Crippen MR) is 73.6 cm³/mol. The average Bonchev–Trinajstić information content (AvgIpc) is 3.07. The number of nitrogens with one attached hydrogen (secondary N) is 1. The van der Waals surface area contributed by atoms with E-state index in [9.17, 15) is 4.79 Å². The first-order valence-electron chi connectivity index (χ1n) is 6.33. The smallest absolute Gasteiger partial charge is 0.260 e. The topological polar surface area (TPSA) is 77.1 Å². The molecule has 0 aliphatic heterocycles. The number of aryl methyl sites for hydroxylation is 2. The van der Waals surface area contributed by atoms with Crippen molar-refractivity contribution in [2.24, 2.45) is 0 Å². The number of anilines is 1. The van der Waals surface area contributed by atoms with E-state index in [2.05, 4.69) is 20.5 Å². The summed E-state index contributed by atoms with van der Waals surface area (Å²) in [6, 6.07) is 3.55. The summed E-state index contributed by atoms with van der Waals surface area (Å²) in [5.74, 6) is 0.445. The van der Waals surface area contributed by atoms with Crippen molar-refractivity contribution >= 4 is 17.4 Å². The van der Waals surface area contributed by atoms with Crippen molar-refractivity contribution in [2.75, 3.05) is 5.32 Å². The lowest BCUT2D eigenvalue weighted by Gasteiger charge is -2.09. The summed E-state index contributed by atoms with van der Waals surface area (Å²) in [7, 11) is 0. The monoisotopic (exact) mass is 270 g/mol. The number of hydrogen-bond donors (Lipinski definition) is 1. The Morgan fingerprint density at radius 3 is 2.90 bits per heavy atom. The molecule has 102 valence electrons. The largest absolute Gasteiger partial charge is 0.307 e. The Morgan fingerprint density at radius 1 is 1.30 bits per heavy atom. The first-order chi connectivity index (χ1) is 9.70. The van der Waals surface area contributed by atoms with E-state index in [0.717, 1.165) is 11.3 Å². The summed E-state index contributed by atoms with van der Waals surface area (Å²) in [5, 5.41) is 11.1. The number of rotatable bonds is 3. The molecule has 0 radical (unpaired) electrons. The number of fused-ring (bicyclic) bond motifs is 1. The van der Waals surface area contributed by atoms with Gasteiger partial charge in [-0.2, -0.15) is 10.2 Å². The van der Waals surface area contributed by atoms with Crippen LogP contribution in [0, 0.1) is 6.92 Å². The third-order valence-electron chi connectivity index (χ3n) is 3.16. The lowest BCUT2D eigenvalue weighted by atomic mass is 10.2. The van der Waals surface area contributed by atoms with Crippen molar-refractivity contribution in [3.05, 3.63) is 42.0 Å². The maximum atomic E-state index is 12.3. The molecular formula is C13H14N6O. The van der Waals surface area contributed by atoms with Gasteiger partial charge in [0, 0.05) is 24.9 Å². The second kappa shape index (κ2) is 4.76. The van der Waals surface area contributed by atoms with Gasteiger partial charge >= 0.3 is 0 Å².